The van der Waals surface area contributed by atoms with Crippen molar-refractivity contribution in [3.63, 3.8) is 0 Å². The molecule has 0 aromatic heterocycles. The zero-order valence-electron chi connectivity index (χ0n) is 9.63. The molecular weight excluding hydrogens is 208 g/mol. The lowest BCUT2D eigenvalue weighted by Gasteiger charge is -2.11. The summed E-state index contributed by atoms with van der Waals surface area (Å²) >= 11 is 0. The van der Waals surface area contributed by atoms with Gasteiger partial charge < -0.3 is 14.9 Å². The van der Waals surface area contributed by atoms with Crippen LogP contribution in [0.5, 0.6) is 0 Å². The molecule has 1 fully saturated rings. The van der Waals surface area contributed by atoms with Crippen LogP contribution in [0.3, 0.4) is 0 Å². The third-order valence-electron chi connectivity index (χ3n) is 2.78. The summed E-state index contributed by atoms with van der Waals surface area (Å²) in [6, 6.07) is 0. The number of carbonyl (C=O) groups is 1. The summed E-state index contributed by atoms with van der Waals surface area (Å²) in [4.78, 5) is 11.0. The van der Waals surface area contributed by atoms with E-state index in [1.807, 2.05) is 0 Å². The Hall–Kier alpha value is -0.870. The smallest absolute Gasteiger partial charge is 0.306 e. The van der Waals surface area contributed by atoms with Crippen molar-refractivity contribution in [3.05, 3.63) is 12.2 Å². The van der Waals surface area contributed by atoms with Gasteiger partial charge in [-0.25, -0.2) is 0 Å². The quantitative estimate of drug-likeness (QED) is 0.526. The van der Waals surface area contributed by atoms with Crippen molar-refractivity contribution in [2.75, 3.05) is 6.61 Å². The van der Waals surface area contributed by atoms with E-state index in [1.54, 1.807) is 12.2 Å². The van der Waals surface area contributed by atoms with Crippen LogP contribution in [0, 0.1) is 5.92 Å². The zero-order chi connectivity index (χ0) is 12.0. The maximum Gasteiger partial charge on any atom is 0.306 e. The van der Waals surface area contributed by atoms with E-state index in [4.69, 9.17) is 9.84 Å². The first kappa shape index (κ1) is 13.2. The average molecular weight is 228 g/mol. The predicted molar refractivity (Wildman–Crippen MR) is 59.7 cm³/mol. The van der Waals surface area contributed by atoms with Gasteiger partial charge in [-0.3, -0.25) is 4.79 Å². The lowest BCUT2D eigenvalue weighted by Crippen LogP contribution is -2.19. The van der Waals surface area contributed by atoms with E-state index in [-0.39, 0.29) is 18.5 Å². The van der Waals surface area contributed by atoms with Crippen LogP contribution in [0.1, 0.15) is 32.6 Å². The Balaban J connectivity index is 2.40. The van der Waals surface area contributed by atoms with Crippen molar-refractivity contribution in [1.82, 2.24) is 0 Å². The molecule has 1 aliphatic heterocycles. The van der Waals surface area contributed by atoms with Gasteiger partial charge in [-0.1, -0.05) is 31.9 Å². The van der Waals surface area contributed by atoms with Crippen LogP contribution in [0.4, 0.5) is 0 Å². The fourth-order valence-electron chi connectivity index (χ4n) is 1.77. The first-order valence-corrected chi connectivity index (χ1v) is 5.84. The van der Waals surface area contributed by atoms with Crippen molar-refractivity contribution < 1.29 is 19.7 Å². The Kier molecular flexibility index (Phi) is 5.49. The Morgan fingerprint density at radius 3 is 3.00 bits per heavy atom. The number of aliphatic hydroxyl groups is 2. The second-order valence-corrected chi connectivity index (χ2v) is 4.17. The van der Waals surface area contributed by atoms with Crippen LogP contribution < -0.4 is 0 Å². The van der Waals surface area contributed by atoms with Gasteiger partial charge in [0.1, 0.15) is 6.10 Å². The van der Waals surface area contributed by atoms with E-state index in [0.717, 1.165) is 19.3 Å². The van der Waals surface area contributed by atoms with Crippen LogP contribution in [0.25, 0.3) is 0 Å². The van der Waals surface area contributed by atoms with E-state index in [0.29, 0.717) is 6.42 Å². The van der Waals surface area contributed by atoms with Gasteiger partial charge >= 0.3 is 5.97 Å². The van der Waals surface area contributed by atoms with Crippen LogP contribution in [0.15, 0.2) is 12.2 Å². The van der Waals surface area contributed by atoms with Gasteiger partial charge in [0, 0.05) is 5.92 Å². The molecule has 4 heteroatoms. The molecule has 2 N–H and O–H groups in total. The number of hydrogen-bond donors (Lipinski definition) is 2. The maximum absolute atomic E-state index is 11.0. The molecule has 0 bridgehead atoms. The predicted octanol–water partition coefficient (Wildman–Crippen LogP) is 1.02. The minimum atomic E-state index is -0.463. The molecule has 0 unspecified atom stereocenters. The van der Waals surface area contributed by atoms with E-state index in [9.17, 15) is 9.90 Å². The minimum Gasteiger partial charge on any atom is -0.459 e. The lowest BCUT2D eigenvalue weighted by atomic mass is 10.00. The fourth-order valence-corrected chi connectivity index (χ4v) is 1.77. The molecule has 16 heavy (non-hydrogen) atoms. The number of hydrogen-bond acceptors (Lipinski definition) is 4. The molecule has 0 aromatic carbocycles. The number of ether oxygens (including phenoxy) is 1. The number of unbranched alkanes of at least 4 members (excludes halogenated alkanes) is 1. The molecule has 0 aliphatic carbocycles. The first-order chi connectivity index (χ1) is 7.67. The first-order valence-electron chi connectivity index (χ1n) is 5.84. The fraction of sp³-hybridized carbons (Fsp3) is 0.750. The Bertz CT molecular complexity index is 249. The van der Waals surface area contributed by atoms with Crippen molar-refractivity contribution in [2.24, 2.45) is 5.92 Å². The Labute approximate surface area is 95.9 Å². The summed E-state index contributed by atoms with van der Waals surface area (Å²) in [5.41, 5.74) is 0. The van der Waals surface area contributed by atoms with Crippen molar-refractivity contribution >= 4 is 5.97 Å². The van der Waals surface area contributed by atoms with Gasteiger partial charge in [-0.15, -0.1) is 0 Å². The number of cyclic esters (lactones) is 1. The van der Waals surface area contributed by atoms with Gasteiger partial charge in [0.2, 0.25) is 0 Å². The molecule has 0 amide bonds. The van der Waals surface area contributed by atoms with Crippen LogP contribution in [-0.4, -0.2) is 35.0 Å². The lowest BCUT2D eigenvalue weighted by molar-refractivity contribution is -0.142. The van der Waals surface area contributed by atoms with Crippen LogP contribution in [-0.2, 0) is 9.53 Å². The summed E-state index contributed by atoms with van der Waals surface area (Å²) in [5, 5.41) is 18.6. The van der Waals surface area contributed by atoms with E-state index < -0.39 is 12.2 Å². The minimum absolute atomic E-state index is 0.103. The van der Waals surface area contributed by atoms with Gasteiger partial charge in [-0.05, 0) is 6.42 Å². The summed E-state index contributed by atoms with van der Waals surface area (Å²) in [5.74, 6) is -0.384. The molecule has 1 aliphatic rings. The highest BCUT2D eigenvalue weighted by Crippen LogP contribution is 2.23. The molecule has 4 nitrogen and oxygen atoms in total. The normalized spacial score (nSPS) is 27.3. The van der Waals surface area contributed by atoms with Gasteiger partial charge in [-0.2, -0.15) is 0 Å². The van der Waals surface area contributed by atoms with Crippen molar-refractivity contribution in [2.45, 2.75) is 44.8 Å². The third-order valence-corrected chi connectivity index (χ3v) is 2.78. The standard InChI is InChI=1S/C12H20O4/c1-2-3-4-10(14)6-5-9-7-12(15)16-11(9)8-13/h5-6,9-11,13-14H,2-4,7-8H2,1H3/t9-,10+,11-/m1/s1. The molecule has 0 radical (unpaired) electrons. The maximum atomic E-state index is 11.0. The summed E-state index contributed by atoms with van der Waals surface area (Å²) in [7, 11) is 0. The molecule has 1 rings (SSSR count). The highest BCUT2D eigenvalue weighted by molar-refractivity contribution is 5.72. The average Bonchev–Trinajstić information content (AvgIpc) is 2.64. The van der Waals surface area contributed by atoms with Gasteiger partial charge in [0.15, 0.2) is 0 Å². The number of rotatable bonds is 6. The Morgan fingerprint density at radius 1 is 1.62 bits per heavy atom. The Morgan fingerprint density at radius 2 is 2.38 bits per heavy atom. The third kappa shape index (κ3) is 3.94. The second kappa shape index (κ2) is 6.66. The highest BCUT2D eigenvalue weighted by atomic mass is 16.6. The number of esters is 1. The SMILES string of the molecule is CCCC[C@H](O)C=C[C@@H]1CC(=O)O[C@@H]1CO. The largest absolute Gasteiger partial charge is 0.459 e. The van der Waals surface area contributed by atoms with Crippen molar-refractivity contribution in [3.8, 4) is 0 Å². The molecule has 1 saturated heterocycles. The molecule has 3 atom stereocenters. The summed E-state index contributed by atoms with van der Waals surface area (Å²) in [6.07, 6.45) is 5.64. The monoisotopic (exact) mass is 228 g/mol. The molecule has 0 spiro atoms. The molecule has 0 aromatic rings. The van der Waals surface area contributed by atoms with E-state index >= 15 is 0 Å². The highest BCUT2D eigenvalue weighted by Gasteiger charge is 2.32. The summed E-state index contributed by atoms with van der Waals surface area (Å²) < 4.78 is 4.91. The van der Waals surface area contributed by atoms with E-state index in [2.05, 4.69) is 6.92 Å². The number of carbonyl (C=O) groups excluding carboxylic acids is 1. The van der Waals surface area contributed by atoms with Crippen LogP contribution in [0.2, 0.25) is 0 Å². The van der Waals surface area contributed by atoms with Gasteiger partial charge in [0.05, 0.1) is 19.1 Å². The molecule has 0 saturated carbocycles. The summed E-state index contributed by atoms with van der Waals surface area (Å²) in [6.45, 7) is 1.91. The second-order valence-electron chi connectivity index (χ2n) is 4.17. The van der Waals surface area contributed by atoms with Crippen LogP contribution >= 0.6 is 0 Å². The molecular formula is C12H20O4. The van der Waals surface area contributed by atoms with Gasteiger partial charge in [0.25, 0.3) is 0 Å². The zero-order valence-corrected chi connectivity index (χ0v) is 9.63. The van der Waals surface area contributed by atoms with E-state index in [1.165, 1.54) is 0 Å². The topological polar surface area (TPSA) is 66.8 Å². The number of aliphatic hydroxyl groups excluding tert-OH is 2. The molecule has 92 valence electrons. The van der Waals surface area contributed by atoms with Crippen molar-refractivity contribution in [1.29, 1.82) is 0 Å². The molecule has 1 heterocycles.